The first-order valence-electron chi connectivity index (χ1n) is 11.0. The zero-order valence-electron chi connectivity index (χ0n) is 19.3. The van der Waals surface area contributed by atoms with E-state index in [2.05, 4.69) is 45.0 Å². The van der Waals surface area contributed by atoms with E-state index >= 15 is 0 Å². The van der Waals surface area contributed by atoms with Crippen molar-refractivity contribution in [3.05, 3.63) is 71.3 Å². The fourth-order valence-corrected chi connectivity index (χ4v) is 4.46. The third-order valence-corrected chi connectivity index (χ3v) is 6.55. The molecule has 1 aliphatic heterocycles. The molecule has 0 spiro atoms. The van der Waals surface area contributed by atoms with Gasteiger partial charge in [0.25, 0.3) is 0 Å². The molecule has 176 valence electrons. The summed E-state index contributed by atoms with van der Waals surface area (Å²) in [5.74, 6) is 0.356. The number of allylic oxidation sites excluding steroid dienone is 1. The Morgan fingerprint density at radius 3 is 2.68 bits per heavy atom. The van der Waals surface area contributed by atoms with Crippen molar-refractivity contribution in [2.24, 2.45) is 0 Å². The van der Waals surface area contributed by atoms with Crippen LogP contribution in [0.1, 0.15) is 20.9 Å². The van der Waals surface area contributed by atoms with Crippen LogP contribution in [0.4, 0.5) is 16.5 Å². The lowest BCUT2D eigenvalue weighted by molar-refractivity contribution is -0.114. The minimum atomic E-state index is -0.240. The fraction of sp³-hybridized carbons (Fsp3) is 0.280. The Morgan fingerprint density at radius 1 is 1.15 bits per heavy atom. The van der Waals surface area contributed by atoms with Gasteiger partial charge in [-0.1, -0.05) is 36.1 Å². The summed E-state index contributed by atoms with van der Waals surface area (Å²) in [6.07, 6.45) is 1.49. The molecule has 2 aromatic carbocycles. The van der Waals surface area contributed by atoms with E-state index in [-0.39, 0.29) is 23.0 Å². The summed E-state index contributed by atoms with van der Waals surface area (Å²) in [6, 6.07) is 13.0. The first-order chi connectivity index (χ1) is 16.5. The number of ether oxygens (including phenoxy) is 1. The lowest BCUT2D eigenvalue weighted by Crippen LogP contribution is -2.44. The smallest absolute Gasteiger partial charge is 0.223 e. The summed E-state index contributed by atoms with van der Waals surface area (Å²) in [7, 11) is 3.76. The molecule has 0 bridgehead atoms. The Hall–Kier alpha value is -3.56. The molecule has 1 saturated heterocycles. The highest BCUT2D eigenvalue weighted by atomic mass is 32.1. The topological polar surface area (TPSA) is 87.7 Å². The van der Waals surface area contributed by atoms with E-state index in [9.17, 15) is 9.59 Å². The minimum absolute atomic E-state index is 0.0976. The highest BCUT2D eigenvalue weighted by molar-refractivity contribution is 7.17. The Bertz CT molecular complexity index is 1200. The van der Waals surface area contributed by atoms with Crippen molar-refractivity contribution in [2.75, 3.05) is 50.6 Å². The number of anilines is 3. The largest absolute Gasteiger partial charge is 0.494 e. The molecule has 0 saturated carbocycles. The van der Waals surface area contributed by atoms with E-state index in [0.29, 0.717) is 16.4 Å². The summed E-state index contributed by atoms with van der Waals surface area (Å²) in [4.78, 5) is 29.2. The summed E-state index contributed by atoms with van der Waals surface area (Å²) in [6.45, 7) is 7.48. The predicted octanol–water partition coefficient (Wildman–Crippen LogP) is 3.57. The lowest BCUT2D eigenvalue weighted by atomic mass is 10.0. The number of carbonyl (C=O) groups excluding carboxylic acids is 2. The van der Waals surface area contributed by atoms with Crippen LogP contribution in [0.5, 0.6) is 5.75 Å². The maximum absolute atomic E-state index is 12.9. The lowest BCUT2D eigenvalue weighted by Gasteiger charge is -2.34. The fourth-order valence-electron chi connectivity index (χ4n) is 3.74. The van der Waals surface area contributed by atoms with Gasteiger partial charge in [0, 0.05) is 49.9 Å². The van der Waals surface area contributed by atoms with Crippen molar-refractivity contribution in [2.45, 2.75) is 6.42 Å². The molecule has 0 aliphatic carbocycles. The zero-order chi connectivity index (χ0) is 24.1. The van der Waals surface area contributed by atoms with Crippen molar-refractivity contribution >= 4 is 39.4 Å². The van der Waals surface area contributed by atoms with E-state index in [1.807, 2.05) is 18.2 Å². The molecule has 1 aliphatic rings. The molecule has 8 nitrogen and oxygen atoms in total. The molecular weight excluding hydrogens is 450 g/mol. The molecule has 1 fully saturated rings. The van der Waals surface area contributed by atoms with Gasteiger partial charge in [0.2, 0.25) is 10.9 Å². The van der Waals surface area contributed by atoms with Crippen molar-refractivity contribution in [1.29, 1.82) is 0 Å². The zero-order valence-corrected chi connectivity index (χ0v) is 20.1. The molecule has 1 N–H and O–H groups in total. The van der Waals surface area contributed by atoms with Gasteiger partial charge in [-0.15, -0.1) is 10.2 Å². The molecule has 0 unspecified atom stereocenters. The standard InChI is InChI=1S/C25H27N5O3S/c1-4-20(31)15-17-6-5-7-18(14-17)23(32)24-27-28-25(34-24)26-21-9-8-19(16-22(21)33-3)30-12-10-29(2)11-13-30/h4-9,14,16H,1,10-13,15H2,2-3H3,(H,26,28). The highest BCUT2D eigenvalue weighted by Crippen LogP contribution is 2.33. The molecule has 3 aromatic rings. The summed E-state index contributed by atoms with van der Waals surface area (Å²) in [5.41, 5.74) is 3.08. The van der Waals surface area contributed by atoms with Crippen LogP contribution in [0.3, 0.4) is 0 Å². The SMILES string of the molecule is C=CC(=O)Cc1cccc(C(=O)c2nnc(Nc3ccc(N4CCN(C)CC4)cc3OC)s2)c1. The van der Waals surface area contributed by atoms with Crippen LogP contribution in [0, 0.1) is 0 Å². The predicted molar refractivity (Wildman–Crippen MR) is 135 cm³/mol. The van der Waals surface area contributed by atoms with Crippen LogP contribution in [-0.2, 0) is 11.2 Å². The van der Waals surface area contributed by atoms with Gasteiger partial charge in [-0.25, -0.2) is 0 Å². The first kappa shape index (κ1) is 23.6. The quantitative estimate of drug-likeness (QED) is 0.370. The number of hydrogen-bond donors (Lipinski definition) is 1. The number of aromatic nitrogens is 2. The first-order valence-corrected chi connectivity index (χ1v) is 11.8. The van der Waals surface area contributed by atoms with E-state index in [0.717, 1.165) is 43.1 Å². The molecule has 9 heteroatoms. The number of likely N-dealkylation sites (N-methyl/N-ethyl adjacent to an activating group) is 1. The highest BCUT2D eigenvalue weighted by Gasteiger charge is 2.19. The average Bonchev–Trinajstić information content (AvgIpc) is 3.33. The second-order valence-electron chi connectivity index (χ2n) is 8.09. The third-order valence-electron chi connectivity index (χ3n) is 5.71. The number of piperazine rings is 1. The number of carbonyl (C=O) groups is 2. The van der Waals surface area contributed by atoms with Gasteiger partial charge in [0.1, 0.15) is 5.75 Å². The molecule has 0 atom stereocenters. The molecule has 1 aromatic heterocycles. The van der Waals surface area contributed by atoms with Gasteiger partial charge in [-0.3, -0.25) is 9.59 Å². The number of ketones is 2. The van der Waals surface area contributed by atoms with Crippen molar-refractivity contribution < 1.29 is 14.3 Å². The van der Waals surface area contributed by atoms with Crippen molar-refractivity contribution in [3.63, 3.8) is 0 Å². The van der Waals surface area contributed by atoms with Crippen LogP contribution >= 0.6 is 11.3 Å². The van der Waals surface area contributed by atoms with Gasteiger partial charge < -0.3 is 19.9 Å². The third kappa shape index (κ3) is 5.49. The van der Waals surface area contributed by atoms with Crippen LogP contribution in [-0.4, -0.2) is 67.0 Å². The number of benzene rings is 2. The van der Waals surface area contributed by atoms with Crippen LogP contribution in [0.15, 0.2) is 55.1 Å². The molecule has 0 amide bonds. The van der Waals surface area contributed by atoms with E-state index in [1.165, 1.54) is 17.4 Å². The van der Waals surface area contributed by atoms with E-state index in [1.54, 1.807) is 25.3 Å². The minimum Gasteiger partial charge on any atom is -0.494 e. The number of nitrogens with zero attached hydrogens (tertiary/aromatic N) is 4. The number of hydrogen-bond acceptors (Lipinski definition) is 9. The maximum atomic E-state index is 12.9. The van der Waals surface area contributed by atoms with Gasteiger partial charge in [0.05, 0.1) is 12.8 Å². The second kappa shape index (κ2) is 10.6. The van der Waals surface area contributed by atoms with Gasteiger partial charge >= 0.3 is 0 Å². The van der Waals surface area contributed by atoms with Crippen LogP contribution in [0.2, 0.25) is 0 Å². The number of nitrogens with one attached hydrogen (secondary N) is 1. The summed E-state index contributed by atoms with van der Waals surface area (Å²) in [5, 5.41) is 12.2. The van der Waals surface area contributed by atoms with E-state index in [4.69, 9.17) is 4.74 Å². The summed E-state index contributed by atoms with van der Waals surface area (Å²) >= 11 is 1.17. The maximum Gasteiger partial charge on any atom is 0.223 e. The van der Waals surface area contributed by atoms with Gasteiger partial charge in [-0.2, -0.15) is 0 Å². The number of rotatable bonds is 9. The molecule has 4 rings (SSSR count). The van der Waals surface area contributed by atoms with Crippen molar-refractivity contribution in [3.8, 4) is 5.75 Å². The molecular formula is C25H27N5O3S. The monoisotopic (exact) mass is 477 g/mol. The van der Waals surface area contributed by atoms with Crippen LogP contribution < -0.4 is 15.0 Å². The molecule has 34 heavy (non-hydrogen) atoms. The van der Waals surface area contributed by atoms with Gasteiger partial charge in [0.15, 0.2) is 10.8 Å². The average molecular weight is 478 g/mol. The Morgan fingerprint density at radius 2 is 1.94 bits per heavy atom. The second-order valence-corrected chi connectivity index (χ2v) is 9.07. The summed E-state index contributed by atoms with van der Waals surface area (Å²) < 4.78 is 5.60. The number of methoxy groups -OCH3 is 1. The van der Waals surface area contributed by atoms with Gasteiger partial charge in [-0.05, 0) is 36.9 Å². The van der Waals surface area contributed by atoms with Crippen LogP contribution in [0.25, 0.3) is 0 Å². The van der Waals surface area contributed by atoms with Crippen molar-refractivity contribution in [1.82, 2.24) is 15.1 Å². The Balaban J connectivity index is 1.47. The molecule has 2 heterocycles. The normalized spacial score (nSPS) is 14.0. The molecule has 0 radical (unpaired) electrons. The Kier molecular flexibility index (Phi) is 7.34. The Labute approximate surface area is 202 Å². The van der Waals surface area contributed by atoms with E-state index < -0.39 is 0 Å².